The number of hydrogen-bond acceptors (Lipinski definition) is 0. The molecule has 1 fully saturated rings. The van der Waals surface area contributed by atoms with Crippen LogP contribution in [0.4, 0.5) is 0 Å². The highest BCUT2D eigenvalue weighted by Gasteiger charge is 2.21. The lowest BCUT2D eigenvalue weighted by Gasteiger charge is -2.29. The fourth-order valence-electron chi connectivity index (χ4n) is 3.56. The highest BCUT2D eigenvalue weighted by Crippen LogP contribution is 2.38. The molecule has 1 saturated carbocycles. The maximum absolute atomic E-state index is 3.53. The van der Waals surface area contributed by atoms with Gasteiger partial charge in [-0.25, -0.2) is 0 Å². The summed E-state index contributed by atoms with van der Waals surface area (Å²) in [6.07, 6.45) is 14.4. The number of unbranched alkanes of at least 4 members (excludes halogenated alkanes) is 4. The third-order valence-corrected chi connectivity index (χ3v) is 5.43. The maximum atomic E-state index is 3.53. The molecule has 0 saturated heterocycles. The minimum absolute atomic E-state index is 0.819. The zero-order valence-corrected chi connectivity index (χ0v) is 14.5. The summed E-state index contributed by atoms with van der Waals surface area (Å²) >= 11 is 3.53. The van der Waals surface area contributed by atoms with Gasteiger partial charge < -0.3 is 0 Å². The van der Waals surface area contributed by atoms with E-state index in [9.17, 15) is 0 Å². The maximum Gasteiger partial charge on any atom is 0.0175 e. The highest BCUT2D eigenvalue weighted by molar-refractivity contribution is 9.10. The van der Waals surface area contributed by atoms with E-state index in [-0.39, 0.29) is 0 Å². The number of hydrogen-bond donors (Lipinski definition) is 0. The van der Waals surface area contributed by atoms with E-state index in [1.807, 2.05) is 0 Å². The fraction of sp³-hybridized carbons (Fsp3) is 0.684. The van der Waals surface area contributed by atoms with Crippen molar-refractivity contribution >= 4 is 15.9 Å². The lowest BCUT2D eigenvalue weighted by molar-refractivity contribution is 0.302. The molecule has 1 aliphatic rings. The van der Waals surface area contributed by atoms with Crippen molar-refractivity contribution < 1.29 is 0 Å². The van der Waals surface area contributed by atoms with Crippen LogP contribution in [0.3, 0.4) is 0 Å². The van der Waals surface area contributed by atoms with Gasteiger partial charge in [-0.2, -0.15) is 0 Å². The van der Waals surface area contributed by atoms with Gasteiger partial charge in [0.25, 0.3) is 0 Å². The summed E-state index contributed by atoms with van der Waals surface area (Å²) in [5.74, 6) is 1.84. The largest absolute Gasteiger partial charge is 0.0654 e. The summed E-state index contributed by atoms with van der Waals surface area (Å²) in [5.41, 5.74) is 1.55. The van der Waals surface area contributed by atoms with Crippen molar-refractivity contribution in [1.29, 1.82) is 0 Å². The van der Waals surface area contributed by atoms with Gasteiger partial charge in [0.15, 0.2) is 0 Å². The standard InChI is InChI=1S/C19H29Br/c1-2-3-4-5-6-7-16-8-10-17(11-9-16)18-12-14-19(20)15-13-18/h12-17H,2-11H2,1H3/t16-,17-. The molecule has 0 unspecified atom stereocenters. The summed E-state index contributed by atoms with van der Waals surface area (Å²) < 4.78 is 1.20. The van der Waals surface area contributed by atoms with Crippen LogP contribution < -0.4 is 0 Å². The van der Waals surface area contributed by atoms with Crippen LogP contribution in [0.5, 0.6) is 0 Å². The molecular weight excluding hydrogens is 308 g/mol. The molecule has 1 aromatic rings. The number of benzene rings is 1. The van der Waals surface area contributed by atoms with Crippen molar-refractivity contribution in [3.05, 3.63) is 34.3 Å². The van der Waals surface area contributed by atoms with Crippen LogP contribution >= 0.6 is 15.9 Å². The Morgan fingerprint density at radius 1 is 0.900 bits per heavy atom. The molecule has 0 nitrogen and oxygen atoms in total. The van der Waals surface area contributed by atoms with E-state index in [0.717, 1.165) is 11.8 Å². The van der Waals surface area contributed by atoms with Crippen molar-refractivity contribution in [3.8, 4) is 0 Å². The van der Waals surface area contributed by atoms with Crippen LogP contribution in [0.1, 0.15) is 82.6 Å². The van der Waals surface area contributed by atoms with E-state index in [1.54, 1.807) is 5.56 Å². The topological polar surface area (TPSA) is 0 Å². The molecule has 1 aromatic carbocycles. The van der Waals surface area contributed by atoms with E-state index < -0.39 is 0 Å². The van der Waals surface area contributed by atoms with Gasteiger partial charge in [-0.15, -0.1) is 0 Å². The van der Waals surface area contributed by atoms with E-state index in [0.29, 0.717) is 0 Å². The molecule has 0 aliphatic heterocycles. The smallest absolute Gasteiger partial charge is 0.0175 e. The SMILES string of the molecule is CCCCCCC[C@H]1CC[C@H](c2ccc(Br)cc2)CC1. The fourth-order valence-corrected chi connectivity index (χ4v) is 3.82. The molecule has 20 heavy (non-hydrogen) atoms. The minimum Gasteiger partial charge on any atom is -0.0654 e. The van der Waals surface area contributed by atoms with Crippen molar-refractivity contribution in [3.63, 3.8) is 0 Å². The highest BCUT2D eigenvalue weighted by atomic mass is 79.9. The number of halogens is 1. The van der Waals surface area contributed by atoms with Gasteiger partial charge in [0, 0.05) is 4.47 Å². The first kappa shape index (κ1) is 16.1. The normalized spacial score (nSPS) is 22.9. The van der Waals surface area contributed by atoms with Gasteiger partial charge in [-0.3, -0.25) is 0 Å². The monoisotopic (exact) mass is 336 g/mol. The van der Waals surface area contributed by atoms with E-state index in [1.165, 1.54) is 68.7 Å². The van der Waals surface area contributed by atoms with E-state index in [2.05, 4.69) is 47.1 Å². The predicted octanol–water partition coefficient (Wildman–Crippen LogP) is 7.08. The van der Waals surface area contributed by atoms with Gasteiger partial charge in [0.05, 0.1) is 0 Å². The summed E-state index contributed by atoms with van der Waals surface area (Å²) in [7, 11) is 0. The van der Waals surface area contributed by atoms with Crippen LogP contribution in [-0.4, -0.2) is 0 Å². The zero-order valence-electron chi connectivity index (χ0n) is 12.9. The third-order valence-electron chi connectivity index (χ3n) is 4.90. The van der Waals surface area contributed by atoms with Crippen LogP contribution in [-0.2, 0) is 0 Å². The molecule has 0 bridgehead atoms. The minimum atomic E-state index is 0.819. The van der Waals surface area contributed by atoms with Crippen molar-refractivity contribution in [2.45, 2.75) is 77.0 Å². The zero-order chi connectivity index (χ0) is 14.2. The molecule has 112 valence electrons. The first-order valence-corrected chi connectivity index (χ1v) is 9.34. The van der Waals surface area contributed by atoms with Gasteiger partial charge >= 0.3 is 0 Å². The van der Waals surface area contributed by atoms with Crippen LogP contribution in [0.25, 0.3) is 0 Å². The molecule has 0 heterocycles. The Morgan fingerprint density at radius 2 is 1.55 bits per heavy atom. The van der Waals surface area contributed by atoms with Crippen molar-refractivity contribution in [2.75, 3.05) is 0 Å². The van der Waals surface area contributed by atoms with E-state index in [4.69, 9.17) is 0 Å². The van der Waals surface area contributed by atoms with E-state index >= 15 is 0 Å². The Kier molecular flexibility index (Phi) is 7.13. The second-order valence-corrected chi connectivity index (χ2v) is 7.39. The van der Waals surface area contributed by atoms with Crippen molar-refractivity contribution in [1.82, 2.24) is 0 Å². The Balaban J connectivity index is 1.66. The molecule has 1 aliphatic carbocycles. The van der Waals surface area contributed by atoms with Crippen molar-refractivity contribution in [2.24, 2.45) is 5.92 Å². The summed E-state index contributed by atoms with van der Waals surface area (Å²) in [6.45, 7) is 2.30. The first-order chi connectivity index (χ1) is 9.79. The Morgan fingerprint density at radius 3 is 2.20 bits per heavy atom. The lowest BCUT2D eigenvalue weighted by atomic mass is 9.77. The summed E-state index contributed by atoms with van der Waals surface area (Å²) in [6, 6.07) is 8.99. The average molecular weight is 337 g/mol. The molecule has 1 heteroatoms. The Bertz CT molecular complexity index is 360. The van der Waals surface area contributed by atoms with Gasteiger partial charge in [0.1, 0.15) is 0 Å². The Hall–Kier alpha value is -0.300. The summed E-state index contributed by atoms with van der Waals surface area (Å²) in [4.78, 5) is 0. The molecule has 0 N–H and O–H groups in total. The van der Waals surface area contributed by atoms with Gasteiger partial charge in [0.2, 0.25) is 0 Å². The molecule has 0 amide bonds. The molecule has 0 aromatic heterocycles. The molecular formula is C19H29Br. The second-order valence-electron chi connectivity index (χ2n) is 6.47. The molecule has 2 rings (SSSR count). The molecule has 0 atom stereocenters. The quantitative estimate of drug-likeness (QED) is 0.466. The predicted molar refractivity (Wildman–Crippen MR) is 92.2 cm³/mol. The number of rotatable bonds is 7. The van der Waals surface area contributed by atoms with Crippen LogP contribution in [0, 0.1) is 5.92 Å². The van der Waals surface area contributed by atoms with Gasteiger partial charge in [-0.1, -0.05) is 73.5 Å². The summed E-state index contributed by atoms with van der Waals surface area (Å²) in [5, 5.41) is 0. The average Bonchev–Trinajstić information content (AvgIpc) is 2.49. The lowest BCUT2D eigenvalue weighted by Crippen LogP contribution is -2.13. The Labute approximate surface area is 133 Å². The molecule has 0 spiro atoms. The van der Waals surface area contributed by atoms with Crippen LogP contribution in [0.2, 0.25) is 0 Å². The first-order valence-electron chi connectivity index (χ1n) is 8.55. The second kappa shape index (κ2) is 8.87. The third kappa shape index (κ3) is 5.24. The van der Waals surface area contributed by atoms with Crippen LogP contribution in [0.15, 0.2) is 28.7 Å². The van der Waals surface area contributed by atoms with Gasteiger partial charge in [-0.05, 0) is 55.2 Å². The molecule has 0 radical (unpaired) electrons.